The number of nitrogens with two attached hydrogens (primary N) is 1. The van der Waals surface area contributed by atoms with Crippen molar-refractivity contribution in [2.24, 2.45) is 11.1 Å². The van der Waals surface area contributed by atoms with Crippen molar-refractivity contribution in [2.45, 2.75) is 19.8 Å². The Balaban J connectivity index is 2.16. The summed E-state index contributed by atoms with van der Waals surface area (Å²) in [5.41, 5.74) is 6.70. The SMILES string of the molecule is CCN(CC1(CN)CCOCC1)c1ccccc1F. The summed E-state index contributed by atoms with van der Waals surface area (Å²) >= 11 is 0. The molecule has 1 saturated heterocycles. The Hall–Kier alpha value is -1.13. The normalized spacial score (nSPS) is 18.3. The molecule has 1 aliphatic heterocycles. The van der Waals surface area contributed by atoms with E-state index in [4.69, 9.17) is 10.5 Å². The van der Waals surface area contributed by atoms with E-state index in [1.165, 1.54) is 6.07 Å². The van der Waals surface area contributed by atoms with Crippen LogP contribution in [0.25, 0.3) is 0 Å². The van der Waals surface area contributed by atoms with Crippen LogP contribution in [0.1, 0.15) is 19.8 Å². The zero-order valence-electron chi connectivity index (χ0n) is 11.6. The number of nitrogens with zero attached hydrogens (tertiary/aromatic N) is 1. The van der Waals surface area contributed by atoms with E-state index in [0.29, 0.717) is 12.2 Å². The van der Waals surface area contributed by atoms with Crippen LogP contribution in [0.5, 0.6) is 0 Å². The molecule has 0 unspecified atom stereocenters. The molecule has 0 spiro atoms. The Labute approximate surface area is 114 Å². The van der Waals surface area contributed by atoms with Crippen molar-refractivity contribution >= 4 is 5.69 Å². The van der Waals surface area contributed by atoms with Crippen LogP contribution in [0.3, 0.4) is 0 Å². The average Bonchev–Trinajstić information content (AvgIpc) is 2.47. The molecule has 106 valence electrons. The molecule has 1 fully saturated rings. The molecule has 4 heteroatoms. The zero-order valence-corrected chi connectivity index (χ0v) is 11.6. The summed E-state index contributed by atoms with van der Waals surface area (Å²) in [6.45, 7) is 5.77. The van der Waals surface area contributed by atoms with Gasteiger partial charge in [-0.1, -0.05) is 12.1 Å². The van der Waals surface area contributed by atoms with Crippen molar-refractivity contribution in [3.05, 3.63) is 30.1 Å². The fourth-order valence-corrected chi connectivity index (χ4v) is 2.71. The highest BCUT2D eigenvalue weighted by Crippen LogP contribution is 2.32. The van der Waals surface area contributed by atoms with E-state index in [1.807, 2.05) is 12.1 Å². The van der Waals surface area contributed by atoms with Gasteiger partial charge in [-0.2, -0.15) is 0 Å². The smallest absolute Gasteiger partial charge is 0.146 e. The Morgan fingerprint density at radius 1 is 1.32 bits per heavy atom. The Morgan fingerprint density at radius 2 is 2.00 bits per heavy atom. The van der Waals surface area contributed by atoms with Crippen LogP contribution in [0.15, 0.2) is 24.3 Å². The van der Waals surface area contributed by atoms with Gasteiger partial charge in [0.2, 0.25) is 0 Å². The van der Waals surface area contributed by atoms with E-state index in [-0.39, 0.29) is 11.2 Å². The summed E-state index contributed by atoms with van der Waals surface area (Å²) in [7, 11) is 0. The zero-order chi connectivity index (χ0) is 13.7. The average molecular weight is 266 g/mol. The third-order valence-electron chi connectivity index (χ3n) is 4.09. The first kappa shape index (κ1) is 14.3. The molecule has 0 aromatic heterocycles. The minimum atomic E-state index is -0.163. The van der Waals surface area contributed by atoms with Gasteiger partial charge in [-0.15, -0.1) is 0 Å². The maximum atomic E-state index is 13.9. The van der Waals surface area contributed by atoms with Crippen molar-refractivity contribution in [3.8, 4) is 0 Å². The standard InChI is InChI=1S/C15H23FN2O/c1-2-18(14-6-4-3-5-13(14)16)12-15(11-17)7-9-19-10-8-15/h3-6H,2,7-12,17H2,1H3. The number of hydrogen-bond acceptors (Lipinski definition) is 3. The highest BCUT2D eigenvalue weighted by molar-refractivity contribution is 5.47. The summed E-state index contributed by atoms with van der Waals surface area (Å²) in [5, 5.41) is 0. The molecule has 3 nitrogen and oxygen atoms in total. The lowest BCUT2D eigenvalue weighted by atomic mass is 9.79. The van der Waals surface area contributed by atoms with Crippen molar-refractivity contribution in [1.82, 2.24) is 0 Å². The van der Waals surface area contributed by atoms with Gasteiger partial charge in [0.15, 0.2) is 0 Å². The van der Waals surface area contributed by atoms with Gasteiger partial charge in [-0.05, 0) is 38.4 Å². The van der Waals surface area contributed by atoms with E-state index in [2.05, 4.69) is 11.8 Å². The Bertz CT molecular complexity index is 405. The molecular weight excluding hydrogens is 243 g/mol. The van der Waals surface area contributed by atoms with Gasteiger partial charge in [0.25, 0.3) is 0 Å². The van der Waals surface area contributed by atoms with Gasteiger partial charge in [0, 0.05) is 31.7 Å². The molecule has 1 aromatic carbocycles. The van der Waals surface area contributed by atoms with Crippen LogP contribution >= 0.6 is 0 Å². The van der Waals surface area contributed by atoms with E-state index < -0.39 is 0 Å². The Kier molecular flexibility index (Phi) is 4.77. The molecule has 1 aromatic rings. The maximum Gasteiger partial charge on any atom is 0.146 e. The molecule has 0 saturated carbocycles. The molecule has 0 radical (unpaired) electrons. The van der Waals surface area contributed by atoms with Crippen molar-refractivity contribution in [3.63, 3.8) is 0 Å². The van der Waals surface area contributed by atoms with E-state index in [1.54, 1.807) is 6.07 Å². The van der Waals surface area contributed by atoms with Gasteiger partial charge in [0.05, 0.1) is 5.69 Å². The highest BCUT2D eigenvalue weighted by atomic mass is 19.1. The van der Waals surface area contributed by atoms with Crippen LogP contribution in [0, 0.1) is 11.2 Å². The third kappa shape index (κ3) is 3.25. The lowest BCUT2D eigenvalue weighted by Gasteiger charge is -2.40. The Morgan fingerprint density at radius 3 is 2.58 bits per heavy atom. The first-order chi connectivity index (χ1) is 9.21. The lowest BCUT2D eigenvalue weighted by Crippen LogP contribution is -2.46. The van der Waals surface area contributed by atoms with Gasteiger partial charge < -0.3 is 15.4 Å². The molecule has 19 heavy (non-hydrogen) atoms. The second-order valence-corrected chi connectivity index (χ2v) is 5.28. The van der Waals surface area contributed by atoms with Gasteiger partial charge in [0.1, 0.15) is 5.82 Å². The number of halogens is 1. The fourth-order valence-electron chi connectivity index (χ4n) is 2.71. The van der Waals surface area contributed by atoms with Crippen LogP contribution in [-0.2, 0) is 4.74 Å². The molecule has 2 N–H and O–H groups in total. The van der Waals surface area contributed by atoms with E-state index in [0.717, 1.165) is 39.1 Å². The highest BCUT2D eigenvalue weighted by Gasteiger charge is 2.33. The third-order valence-corrected chi connectivity index (χ3v) is 4.09. The van der Waals surface area contributed by atoms with E-state index in [9.17, 15) is 4.39 Å². The lowest BCUT2D eigenvalue weighted by molar-refractivity contribution is 0.0224. The minimum Gasteiger partial charge on any atom is -0.381 e. The van der Waals surface area contributed by atoms with Crippen LogP contribution < -0.4 is 10.6 Å². The van der Waals surface area contributed by atoms with Crippen LogP contribution in [0.4, 0.5) is 10.1 Å². The van der Waals surface area contributed by atoms with Gasteiger partial charge in [-0.3, -0.25) is 0 Å². The molecular formula is C15H23FN2O. The second kappa shape index (κ2) is 6.35. The summed E-state index contributed by atoms with van der Waals surface area (Å²) < 4.78 is 19.3. The molecule has 2 rings (SSSR count). The molecule has 0 atom stereocenters. The van der Waals surface area contributed by atoms with Crippen LogP contribution in [-0.4, -0.2) is 32.8 Å². The summed E-state index contributed by atoms with van der Waals surface area (Å²) in [6.07, 6.45) is 1.91. The molecule has 0 bridgehead atoms. The fraction of sp³-hybridized carbons (Fsp3) is 0.600. The summed E-state index contributed by atoms with van der Waals surface area (Å²) in [5.74, 6) is -0.163. The molecule has 0 amide bonds. The van der Waals surface area contributed by atoms with Crippen molar-refractivity contribution in [2.75, 3.05) is 37.7 Å². The van der Waals surface area contributed by atoms with Gasteiger partial charge in [-0.25, -0.2) is 4.39 Å². The number of ether oxygens (including phenoxy) is 1. The second-order valence-electron chi connectivity index (χ2n) is 5.28. The van der Waals surface area contributed by atoms with Crippen LogP contribution in [0.2, 0.25) is 0 Å². The number of anilines is 1. The van der Waals surface area contributed by atoms with Crippen molar-refractivity contribution in [1.29, 1.82) is 0 Å². The quantitative estimate of drug-likeness (QED) is 0.889. The molecule has 0 aliphatic carbocycles. The number of hydrogen-bond donors (Lipinski definition) is 1. The summed E-state index contributed by atoms with van der Waals surface area (Å²) in [6, 6.07) is 6.94. The first-order valence-electron chi connectivity index (χ1n) is 6.98. The van der Waals surface area contributed by atoms with Gasteiger partial charge >= 0.3 is 0 Å². The monoisotopic (exact) mass is 266 g/mol. The topological polar surface area (TPSA) is 38.5 Å². The summed E-state index contributed by atoms with van der Waals surface area (Å²) in [4.78, 5) is 2.09. The minimum absolute atomic E-state index is 0.0521. The maximum absolute atomic E-state index is 13.9. The predicted octanol–water partition coefficient (Wildman–Crippen LogP) is 2.41. The molecule has 1 heterocycles. The number of rotatable bonds is 5. The first-order valence-corrected chi connectivity index (χ1v) is 6.98. The number of benzene rings is 1. The molecule has 1 aliphatic rings. The predicted molar refractivity (Wildman–Crippen MR) is 75.8 cm³/mol. The largest absolute Gasteiger partial charge is 0.381 e. The van der Waals surface area contributed by atoms with Crippen molar-refractivity contribution < 1.29 is 9.13 Å². The number of para-hydroxylation sites is 1. The van der Waals surface area contributed by atoms with E-state index >= 15 is 0 Å².